The van der Waals surface area contributed by atoms with Gasteiger partial charge in [0.15, 0.2) is 0 Å². The van der Waals surface area contributed by atoms with Crippen LogP contribution in [0.25, 0.3) is 55.6 Å². The Labute approximate surface area is 364 Å². The summed E-state index contributed by atoms with van der Waals surface area (Å²) in [6, 6.07) is 97.2. The van der Waals surface area contributed by atoms with E-state index in [1.54, 1.807) is 0 Å². The minimum absolute atomic E-state index is 0.919. The van der Waals surface area contributed by atoms with Gasteiger partial charge in [-0.25, -0.2) is 0 Å². The molecule has 0 saturated heterocycles. The summed E-state index contributed by atoms with van der Waals surface area (Å²) in [7, 11) is 0. The molecule has 2 nitrogen and oxygen atoms in total. The first-order valence-electron chi connectivity index (χ1n) is 21.0. The fraction of sp³-hybridized carbons (Fsp3) is 0. The molecule has 0 aliphatic heterocycles. The van der Waals surface area contributed by atoms with Gasteiger partial charge < -0.3 is 9.80 Å². The van der Waals surface area contributed by atoms with Crippen molar-refractivity contribution in [2.45, 2.75) is 0 Å². The Balaban J connectivity index is 0.887. The van der Waals surface area contributed by atoms with Crippen LogP contribution in [0.4, 0.5) is 34.1 Å². The van der Waals surface area contributed by atoms with Crippen molar-refractivity contribution in [3.63, 3.8) is 0 Å². The van der Waals surface area contributed by atoms with Gasteiger partial charge in [0, 0.05) is 34.0 Å². The third-order valence-electron chi connectivity index (χ3n) is 11.3. The van der Waals surface area contributed by atoms with Gasteiger partial charge in [0.1, 0.15) is 0 Å². The van der Waals surface area contributed by atoms with Crippen LogP contribution in [0.3, 0.4) is 0 Å². The Bertz CT molecular complexity index is 2750. The van der Waals surface area contributed by atoms with Gasteiger partial charge >= 0.3 is 0 Å². The summed E-state index contributed by atoms with van der Waals surface area (Å²) in [5, 5.41) is 0. The zero-order chi connectivity index (χ0) is 41.5. The number of rotatable bonds is 11. The topological polar surface area (TPSA) is 6.48 Å². The number of nitrogens with zero attached hydrogens (tertiary/aromatic N) is 2. The van der Waals surface area contributed by atoms with Crippen LogP contribution < -0.4 is 9.80 Å². The van der Waals surface area contributed by atoms with E-state index in [1.807, 2.05) is 6.07 Å². The highest BCUT2D eigenvalue weighted by molar-refractivity contribution is 5.82. The Morgan fingerprint density at radius 3 is 0.823 bits per heavy atom. The van der Waals surface area contributed by atoms with Gasteiger partial charge in [-0.1, -0.05) is 188 Å². The van der Waals surface area contributed by atoms with Crippen molar-refractivity contribution >= 4 is 34.1 Å². The van der Waals surface area contributed by atoms with Gasteiger partial charge in [-0.05, 0) is 129 Å². The van der Waals surface area contributed by atoms with Crippen LogP contribution in [0.2, 0.25) is 0 Å². The van der Waals surface area contributed by atoms with E-state index in [0.29, 0.717) is 0 Å². The smallest absolute Gasteiger partial charge is 0.0973 e. The molecule has 10 aromatic rings. The zero-order valence-corrected chi connectivity index (χ0v) is 34.1. The fourth-order valence-electron chi connectivity index (χ4n) is 8.07. The molecule has 0 aliphatic rings. The van der Waals surface area contributed by atoms with E-state index in [0.717, 1.165) is 45.3 Å². The largest absolute Gasteiger partial charge is 0.311 e. The first kappa shape index (κ1) is 37.9. The highest BCUT2D eigenvalue weighted by Crippen LogP contribution is 2.38. The summed E-state index contributed by atoms with van der Waals surface area (Å²) < 4.78 is 0. The molecule has 10 aromatic carbocycles. The fourth-order valence-corrected chi connectivity index (χ4v) is 8.07. The summed E-state index contributed by atoms with van der Waals surface area (Å²) in [6.45, 7) is 0. The van der Waals surface area contributed by atoms with Crippen LogP contribution in [0.5, 0.6) is 0 Å². The van der Waals surface area contributed by atoms with E-state index in [1.165, 1.54) is 44.5 Å². The molecule has 0 radical (unpaired) electrons. The Morgan fingerprint density at radius 1 is 0.194 bits per heavy atom. The molecule has 0 N–H and O–H groups in total. The predicted molar refractivity (Wildman–Crippen MR) is 261 cm³/mol. The summed E-state index contributed by atoms with van der Waals surface area (Å²) in [6.07, 6.45) is 0. The molecule has 10 rings (SSSR count). The lowest BCUT2D eigenvalue weighted by Gasteiger charge is -2.26. The second-order valence-electron chi connectivity index (χ2n) is 15.3. The van der Waals surface area contributed by atoms with Crippen molar-refractivity contribution in [3.8, 4) is 55.6 Å². The van der Waals surface area contributed by atoms with Crippen molar-refractivity contribution < 1.29 is 0 Å². The van der Waals surface area contributed by atoms with Crippen molar-refractivity contribution in [3.05, 3.63) is 267 Å². The average molecular weight is 791 g/mol. The third-order valence-corrected chi connectivity index (χ3v) is 11.3. The Hall–Kier alpha value is -8.38. The van der Waals surface area contributed by atoms with Gasteiger partial charge in [-0.3, -0.25) is 0 Å². The minimum atomic E-state index is 0.919. The summed E-state index contributed by atoms with van der Waals surface area (Å²) >= 11 is 0. The molecule has 0 heterocycles. The molecule has 2 heteroatoms. The van der Waals surface area contributed by atoms with Crippen molar-refractivity contribution in [1.82, 2.24) is 0 Å². The van der Waals surface area contributed by atoms with Crippen molar-refractivity contribution in [1.29, 1.82) is 0 Å². The molecule has 0 atom stereocenters. The number of anilines is 6. The molecule has 0 saturated carbocycles. The summed E-state index contributed by atoms with van der Waals surface area (Å²) in [4.78, 5) is 4.53. The number of benzene rings is 9. The van der Waals surface area contributed by atoms with E-state index >= 15 is 0 Å². The third kappa shape index (κ3) is 8.12. The van der Waals surface area contributed by atoms with Crippen LogP contribution in [0.15, 0.2) is 255 Å². The maximum atomic E-state index is 3.51. The maximum Gasteiger partial charge on any atom is 0.0973 e. The molecule has 292 valence electrons. The van der Waals surface area contributed by atoms with E-state index in [4.69, 9.17) is 0 Å². The molecule has 0 fully saturated rings. The Morgan fingerprint density at radius 2 is 0.468 bits per heavy atom. The van der Waals surface area contributed by atoms with Gasteiger partial charge in [-0.15, -0.1) is 0 Å². The van der Waals surface area contributed by atoms with Crippen molar-refractivity contribution in [2.75, 3.05) is 9.80 Å². The molecule has 0 aliphatic carbocycles. The molecule has 0 unspecified atom stereocenters. The molecular weight excluding hydrogens is 749 g/mol. The van der Waals surface area contributed by atoms with Crippen molar-refractivity contribution in [2.24, 2.45) is 0 Å². The highest BCUT2D eigenvalue weighted by Gasteiger charge is 2.15. The lowest BCUT2D eigenvalue weighted by atomic mass is 10.00. The second-order valence-corrected chi connectivity index (χ2v) is 15.3. The van der Waals surface area contributed by atoms with Crippen LogP contribution in [0, 0.1) is 12.1 Å². The Kier molecular flexibility index (Phi) is 10.7. The lowest BCUT2D eigenvalue weighted by Crippen LogP contribution is -2.09. The molecular formula is C60H42N2. The second kappa shape index (κ2) is 17.5. The first-order valence-corrected chi connectivity index (χ1v) is 21.0. The molecule has 0 aromatic heterocycles. The predicted octanol–water partition coefficient (Wildman–Crippen LogP) is 16.6. The maximum absolute atomic E-state index is 3.51. The van der Waals surface area contributed by atoms with E-state index in [2.05, 4.69) is 271 Å². The highest BCUT2D eigenvalue weighted by atomic mass is 15.1. The van der Waals surface area contributed by atoms with Gasteiger partial charge in [-0.2, -0.15) is 0 Å². The average Bonchev–Trinajstić information content (AvgIpc) is 3.36. The number of hydrogen-bond donors (Lipinski definition) is 0. The monoisotopic (exact) mass is 790 g/mol. The minimum Gasteiger partial charge on any atom is -0.311 e. The van der Waals surface area contributed by atoms with Crippen LogP contribution in [-0.2, 0) is 0 Å². The molecule has 62 heavy (non-hydrogen) atoms. The van der Waals surface area contributed by atoms with Crippen LogP contribution >= 0.6 is 0 Å². The van der Waals surface area contributed by atoms with Crippen LogP contribution in [0.1, 0.15) is 0 Å². The van der Waals surface area contributed by atoms with Gasteiger partial charge in [0.25, 0.3) is 0 Å². The van der Waals surface area contributed by atoms with Gasteiger partial charge in [0.2, 0.25) is 0 Å². The normalized spacial score (nSPS) is 10.8. The van der Waals surface area contributed by atoms with E-state index < -0.39 is 0 Å². The SMILES string of the molecule is c1c(-c2ccc(N(c3ccccc3)c3ccc(-c4ccc(-c5ccccc5)cc4)cc3)cc2)ccc(N(c2ccccc2)c2ccc(-c3ccc(-c4ccccc4)cc3)cc2)c#1. The van der Waals surface area contributed by atoms with Gasteiger partial charge in [0.05, 0.1) is 5.69 Å². The summed E-state index contributed by atoms with van der Waals surface area (Å²) in [5.41, 5.74) is 18.0. The first-order chi connectivity index (χ1) is 30.7. The van der Waals surface area contributed by atoms with Crippen LogP contribution in [-0.4, -0.2) is 0 Å². The van der Waals surface area contributed by atoms with E-state index in [9.17, 15) is 0 Å². The number of hydrogen-bond acceptors (Lipinski definition) is 2. The molecule has 0 amide bonds. The molecule has 0 spiro atoms. The quantitative estimate of drug-likeness (QED) is 0.129. The lowest BCUT2D eigenvalue weighted by molar-refractivity contribution is 1.28. The standard InChI is InChI=1S/C60H42N2/c1-5-13-45(14-6-1)47-21-25-49(26-22-47)51-29-37-57(38-30-51)61(55-17-9-3-10-18-55)59-41-33-53(34-42-59)54-35-43-60(44-36-54)62(56-19-11-4-12-20-56)58-39-31-52(32-40-58)50-27-23-48(24-28-50)46-15-7-2-8-16-46/h1-35,37-43H. The summed E-state index contributed by atoms with van der Waals surface area (Å²) in [5.74, 6) is 0. The molecule has 0 bridgehead atoms. The zero-order valence-electron chi connectivity index (χ0n) is 34.1. The van der Waals surface area contributed by atoms with E-state index in [-0.39, 0.29) is 0 Å². The number of para-hydroxylation sites is 2.